The summed E-state index contributed by atoms with van der Waals surface area (Å²) in [6.07, 6.45) is 6.37. The smallest absolute Gasteiger partial charge is 0.315 e. The fraction of sp³-hybridized carbons (Fsp3) is 0.833. The number of ether oxygens (including phenoxy) is 1. The van der Waals surface area contributed by atoms with E-state index < -0.39 is 0 Å². The Morgan fingerprint density at radius 1 is 1.44 bits per heavy atom. The van der Waals surface area contributed by atoms with Crippen LogP contribution in [0.2, 0.25) is 0 Å². The lowest BCUT2D eigenvalue weighted by atomic mass is 9.99. The highest BCUT2D eigenvalue weighted by molar-refractivity contribution is 8.01. The van der Waals surface area contributed by atoms with Gasteiger partial charge in [-0.25, -0.2) is 0 Å². The predicted molar refractivity (Wildman–Crippen MR) is 74.8 cm³/mol. The van der Waals surface area contributed by atoms with Crippen LogP contribution in [0.4, 0.5) is 0 Å². The lowest BCUT2D eigenvalue weighted by Crippen LogP contribution is -2.22. The van der Waals surface area contributed by atoms with Crippen molar-refractivity contribution < 1.29 is 14.7 Å². The number of oxime groups is 1. The van der Waals surface area contributed by atoms with Gasteiger partial charge in [0.05, 0.1) is 17.3 Å². The molecule has 0 aliphatic heterocycles. The third kappa shape index (κ3) is 5.96. The Labute approximate surface area is 117 Å². The van der Waals surface area contributed by atoms with Crippen molar-refractivity contribution in [3.8, 4) is 0 Å². The van der Waals surface area contributed by atoms with Gasteiger partial charge >= 0.3 is 5.97 Å². The molecule has 0 radical (unpaired) electrons. The van der Waals surface area contributed by atoms with Crippen LogP contribution >= 0.6 is 23.4 Å². The van der Waals surface area contributed by atoms with Crippen molar-refractivity contribution in [1.82, 2.24) is 0 Å². The zero-order valence-electron chi connectivity index (χ0n) is 10.4. The summed E-state index contributed by atoms with van der Waals surface area (Å²) in [4.78, 5) is 11.4. The Hall–Kier alpha value is -0.420. The second-order valence-electron chi connectivity index (χ2n) is 4.25. The summed E-state index contributed by atoms with van der Waals surface area (Å²) in [5, 5.41) is 12.6. The molecule has 0 aromatic carbocycles. The zero-order valence-corrected chi connectivity index (χ0v) is 12.0. The SMILES string of the molecule is O=C(CSC1CCCCCC/C1=N/O)OCCCl. The minimum absolute atomic E-state index is 0.138. The van der Waals surface area contributed by atoms with Crippen LogP contribution in [0.5, 0.6) is 0 Å². The van der Waals surface area contributed by atoms with E-state index in [2.05, 4.69) is 5.16 Å². The van der Waals surface area contributed by atoms with E-state index in [4.69, 9.17) is 21.5 Å². The summed E-state index contributed by atoms with van der Waals surface area (Å²) in [5.74, 6) is 0.365. The fourth-order valence-corrected chi connectivity index (χ4v) is 3.16. The summed E-state index contributed by atoms with van der Waals surface area (Å²) < 4.78 is 4.91. The number of rotatable bonds is 5. The van der Waals surface area contributed by atoms with Crippen molar-refractivity contribution >= 4 is 35.0 Å². The maximum Gasteiger partial charge on any atom is 0.315 e. The molecular formula is C12H20ClNO3S. The van der Waals surface area contributed by atoms with Crippen molar-refractivity contribution in [1.29, 1.82) is 0 Å². The number of carbonyl (C=O) groups is 1. The van der Waals surface area contributed by atoms with E-state index in [-0.39, 0.29) is 17.8 Å². The third-order valence-corrected chi connectivity index (χ3v) is 4.36. The van der Waals surface area contributed by atoms with Gasteiger partial charge in [0.15, 0.2) is 0 Å². The third-order valence-electron chi connectivity index (χ3n) is 2.89. The number of nitrogens with zero attached hydrogens (tertiary/aromatic N) is 1. The normalized spacial score (nSPS) is 23.4. The molecule has 6 heteroatoms. The molecule has 0 spiro atoms. The molecule has 1 unspecified atom stereocenters. The summed E-state index contributed by atoms with van der Waals surface area (Å²) in [6, 6.07) is 0. The molecule has 0 amide bonds. The fourth-order valence-electron chi connectivity index (χ4n) is 1.97. The van der Waals surface area contributed by atoms with Crippen molar-refractivity contribution in [3.63, 3.8) is 0 Å². The average Bonchev–Trinajstić information content (AvgIpc) is 2.35. The Bertz CT molecular complexity index is 286. The molecule has 0 aromatic rings. The summed E-state index contributed by atoms with van der Waals surface area (Å²) in [5.41, 5.74) is 0.810. The molecule has 1 fully saturated rings. The number of alkyl halides is 1. The number of hydrogen-bond acceptors (Lipinski definition) is 5. The van der Waals surface area contributed by atoms with Crippen LogP contribution in [0.1, 0.15) is 38.5 Å². The van der Waals surface area contributed by atoms with E-state index in [0.29, 0.717) is 11.6 Å². The molecule has 0 bridgehead atoms. The van der Waals surface area contributed by atoms with Crippen molar-refractivity contribution in [2.24, 2.45) is 5.16 Å². The lowest BCUT2D eigenvalue weighted by Gasteiger charge is -2.20. The summed E-state index contributed by atoms with van der Waals surface area (Å²) >= 11 is 6.95. The van der Waals surface area contributed by atoms with Gasteiger partial charge in [-0.15, -0.1) is 23.4 Å². The number of esters is 1. The highest BCUT2D eigenvalue weighted by Crippen LogP contribution is 2.25. The highest BCUT2D eigenvalue weighted by atomic mass is 35.5. The number of thioether (sulfide) groups is 1. The first-order chi connectivity index (χ1) is 8.77. The van der Waals surface area contributed by atoms with Gasteiger partial charge in [-0.2, -0.15) is 0 Å². The van der Waals surface area contributed by atoms with Gasteiger partial charge in [-0.1, -0.05) is 24.4 Å². The highest BCUT2D eigenvalue weighted by Gasteiger charge is 2.20. The Morgan fingerprint density at radius 2 is 2.22 bits per heavy atom. The molecule has 1 saturated carbocycles. The molecular weight excluding hydrogens is 274 g/mol. The van der Waals surface area contributed by atoms with Crippen molar-refractivity contribution in [2.45, 2.75) is 43.8 Å². The molecule has 0 saturated heterocycles. The van der Waals surface area contributed by atoms with Gasteiger partial charge in [0.25, 0.3) is 0 Å². The molecule has 4 nitrogen and oxygen atoms in total. The number of carbonyl (C=O) groups excluding carboxylic acids is 1. The monoisotopic (exact) mass is 293 g/mol. The van der Waals surface area contributed by atoms with Gasteiger partial charge in [0, 0.05) is 5.25 Å². The first-order valence-corrected chi connectivity index (χ1v) is 7.90. The Balaban J connectivity index is 2.38. The number of halogens is 1. The Morgan fingerprint density at radius 3 is 2.94 bits per heavy atom. The molecule has 104 valence electrons. The minimum Gasteiger partial charge on any atom is -0.464 e. The molecule has 1 rings (SSSR count). The maximum atomic E-state index is 11.4. The molecule has 0 heterocycles. The Kier molecular flexibility index (Phi) is 8.25. The zero-order chi connectivity index (χ0) is 13.2. The predicted octanol–water partition coefficient (Wildman–Crippen LogP) is 3.05. The average molecular weight is 294 g/mol. The van der Waals surface area contributed by atoms with Gasteiger partial charge in [-0.3, -0.25) is 4.79 Å². The van der Waals surface area contributed by atoms with Crippen molar-refractivity contribution in [3.05, 3.63) is 0 Å². The standard InChI is InChI=1S/C12H20ClNO3S/c13-7-8-17-12(15)9-18-11-6-4-2-1-3-5-10(11)14-16/h11,16H,1-9H2/b14-10-. The molecule has 0 aromatic heterocycles. The minimum atomic E-state index is -0.250. The first kappa shape index (κ1) is 15.6. The number of hydrogen-bond donors (Lipinski definition) is 1. The molecule has 1 atom stereocenters. The maximum absolute atomic E-state index is 11.4. The van der Waals surface area contributed by atoms with Crippen LogP contribution in [0, 0.1) is 0 Å². The van der Waals surface area contributed by atoms with Crippen LogP contribution < -0.4 is 0 Å². The first-order valence-electron chi connectivity index (χ1n) is 6.32. The van der Waals surface area contributed by atoms with Gasteiger partial charge in [0.1, 0.15) is 6.61 Å². The van der Waals surface area contributed by atoms with Gasteiger partial charge in [-0.05, 0) is 19.3 Å². The lowest BCUT2D eigenvalue weighted by molar-refractivity contribution is -0.139. The molecule has 18 heavy (non-hydrogen) atoms. The summed E-state index contributed by atoms with van der Waals surface area (Å²) in [6.45, 7) is 0.257. The van der Waals surface area contributed by atoms with E-state index in [1.807, 2.05) is 0 Å². The van der Waals surface area contributed by atoms with Crippen LogP contribution in [0.15, 0.2) is 5.16 Å². The van der Waals surface area contributed by atoms with Crippen LogP contribution in [-0.4, -0.2) is 40.4 Å². The van der Waals surface area contributed by atoms with E-state index in [1.165, 1.54) is 24.6 Å². The largest absolute Gasteiger partial charge is 0.464 e. The molecule has 1 N–H and O–H groups in total. The second-order valence-corrected chi connectivity index (χ2v) is 5.82. The molecule has 1 aliphatic carbocycles. The van der Waals surface area contributed by atoms with Crippen LogP contribution in [0.25, 0.3) is 0 Å². The second kappa shape index (κ2) is 9.50. The topological polar surface area (TPSA) is 58.9 Å². The van der Waals surface area contributed by atoms with E-state index in [1.54, 1.807) is 0 Å². The summed E-state index contributed by atoms with van der Waals surface area (Å²) in [7, 11) is 0. The van der Waals surface area contributed by atoms with Crippen molar-refractivity contribution in [2.75, 3.05) is 18.2 Å². The van der Waals surface area contributed by atoms with E-state index in [9.17, 15) is 4.79 Å². The van der Waals surface area contributed by atoms with E-state index >= 15 is 0 Å². The quantitative estimate of drug-likeness (QED) is 0.366. The van der Waals surface area contributed by atoms with E-state index in [0.717, 1.165) is 31.4 Å². The molecule has 1 aliphatic rings. The van der Waals surface area contributed by atoms with Gasteiger partial charge in [0.2, 0.25) is 0 Å². The van der Waals surface area contributed by atoms with Crippen LogP contribution in [0.3, 0.4) is 0 Å². The van der Waals surface area contributed by atoms with Gasteiger partial charge < -0.3 is 9.94 Å². The van der Waals surface area contributed by atoms with Crippen LogP contribution in [-0.2, 0) is 9.53 Å².